The van der Waals surface area contributed by atoms with Crippen molar-refractivity contribution in [2.24, 2.45) is 11.8 Å². The topological polar surface area (TPSA) is 45.2 Å². The van der Waals surface area contributed by atoms with E-state index in [0.717, 1.165) is 65.7 Å². The minimum Gasteiger partial charge on any atom is -0.352 e. The van der Waals surface area contributed by atoms with Gasteiger partial charge in [-0.25, -0.2) is 0 Å². The van der Waals surface area contributed by atoms with Crippen molar-refractivity contribution in [1.82, 2.24) is 15.2 Å². The molecule has 1 fully saturated rings. The van der Waals surface area contributed by atoms with Crippen molar-refractivity contribution in [3.05, 3.63) is 40.0 Å². The second-order valence-electron chi connectivity index (χ2n) is 8.75. The summed E-state index contributed by atoms with van der Waals surface area (Å²) >= 11 is 6.57. The van der Waals surface area contributed by atoms with E-state index in [4.69, 9.17) is 16.6 Å². The summed E-state index contributed by atoms with van der Waals surface area (Å²) < 4.78 is 0. The number of pyridine rings is 1. The molecule has 2 aromatic rings. The van der Waals surface area contributed by atoms with E-state index in [-0.39, 0.29) is 5.91 Å². The molecule has 1 N–H and O–H groups in total. The predicted octanol–water partition coefficient (Wildman–Crippen LogP) is 4.47. The number of hydrogen-bond donors (Lipinski definition) is 1. The van der Waals surface area contributed by atoms with Gasteiger partial charge in [-0.2, -0.15) is 0 Å². The average molecular weight is 400 g/mol. The first-order chi connectivity index (χ1) is 13.5. The van der Waals surface area contributed by atoms with Crippen molar-refractivity contribution in [2.75, 3.05) is 26.2 Å². The zero-order valence-corrected chi connectivity index (χ0v) is 17.7. The van der Waals surface area contributed by atoms with Gasteiger partial charge in [0.05, 0.1) is 10.5 Å². The number of aromatic nitrogens is 1. The zero-order chi connectivity index (χ0) is 19.7. The highest BCUT2D eigenvalue weighted by Gasteiger charge is 2.21. The van der Waals surface area contributed by atoms with Crippen LogP contribution in [0.3, 0.4) is 0 Å². The van der Waals surface area contributed by atoms with E-state index >= 15 is 0 Å². The Morgan fingerprint density at radius 3 is 2.82 bits per heavy atom. The van der Waals surface area contributed by atoms with Gasteiger partial charge in [-0.05, 0) is 68.2 Å². The van der Waals surface area contributed by atoms with E-state index in [9.17, 15) is 4.79 Å². The highest BCUT2D eigenvalue weighted by molar-refractivity contribution is 6.36. The van der Waals surface area contributed by atoms with Gasteiger partial charge in [0.1, 0.15) is 0 Å². The van der Waals surface area contributed by atoms with Crippen molar-refractivity contribution in [1.29, 1.82) is 0 Å². The highest BCUT2D eigenvalue weighted by atomic mass is 35.5. The number of fused-ring (bicyclic) bond motifs is 2. The Kier molecular flexibility index (Phi) is 5.88. The quantitative estimate of drug-likeness (QED) is 0.754. The smallest absolute Gasteiger partial charge is 0.251 e. The van der Waals surface area contributed by atoms with Crippen molar-refractivity contribution in [3.8, 4) is 0 Å². The molecule has 4 rings (SSSR count). The average Bonchev–Trinajstić information content (AvgIpc) is 3.13. The highest BCUT2D eigenvalue weighted by Crippen LogP contribution is 2.33. The van der Waals surface area contributed by atoms with E-state index in [2.05, 4.69) is 24.1 Å². The zero-order valence-electron chi connectivity index (χ0n) is 16.9. The van der Waals surface area contributed by atoms with Crippen LogP contribution in [0.15, 0.2) is 18.2 Å². The van der Waals surface area contributed by atoms with Gasteiger partial charge in [0.15, 0.2) is 0 Å². The maximum absolute atomic E-state index is 12.6. The van der Waals surface area contributed by atoms with E-state index in [1.54, 1.807) is 0 Å². The molecule has 2 heterocycles. The van der Waals surface area contributed by atoms with Crippen LogP contribution in [0.5, 0.6) is 0 Å². The van der Waals surface area contributed by atoms with Crippen molar-refractivity contribution in [2.45, 2.75) is 46.0 Å². The second kappa shape index (κ2) is 8.38. The maximum Gasteiger partial charge on any atom is 0.251 e. The number of carbonyl (C=O) groups excluding carboxylic acids is 1. The molecule has 28 heavy (non-hydrogen) atoms. The number of carbonyl (C=O) groups is 1. The summed E-state index contributed by atoms with van der Waals surface area (Å²) in [4.78, 5) is 19.9. The SMILES string of the molecule is C[C@@H]1C[C@H](C)CN(CCCNC(=O)c2ccc3c(Cl)c4c(nc3c2)CCC4)C1. The first-order valence-electron chi connectivity index (χ1n) is 10.6. The standard InChI is InChI=1S/C23H30ClN3O/c1-15-11-16(2)14-27(13-15)10-4-9-25-23(28)17-7-8-19-21(12-17)26-20-6-3-5-18(20)22(19)24/h7-8,12,15-16H,3-6,9-11,13-14H2,1-2H3,(H,25,28)/t15-,16+. The molecule has 0 radical (unpaired) electrons. The molecule has 0 spiro atoms. The molecule has 150 valence electrons. The summed E-state index contributed by atoms with van der Waals surface area (Å²) in [5.74, 6) is 1.52. The molecule has 0 unspecified atom stereocenters. The third-order valence-electron chi connectivity index (χ3n) is 6.09. The third-order valence-corrected chi connectivity index (χ3v) is 6.52. The van der Waals surface area contributed by atoms with Crippen LogP contribution in [-0.4, -0.2) is 42.0 Å². The Labute approximate surface area is 172 Å². The third kappa shape index (κ3) is 4.18. The molecule has 1 saturated heterocycles. The van der Waals surface area contributed by atoms with Crippen LogP contribution in [0, 0.1) is 11.8 Å². The molecule has 1 aliphatic carbocycles. The summed E-state index contributed by atoms with van der Waals surface area (Å²) in [6, 6.07) is 5.68. The lowest BCUT2D eigenvalue weighted by molar-refractivity contribution is 0.0947. The molecule has 1 amide bonds. The number of likely N-dealkylation sites (tertiary alicyclic amines) is 1. The van der Waals surface area contributed by atoms with Crippen molar-refractivity contribution in [3.63, 3.8) is 0 Å². The predicted molar refractivity (Wildman–Crippen MR) is 115 cm³/mol. The molecule has 1 aromatic carbocycles. The number of benzene rings is 1. The van der Waals surface area contributed by atoms with Crippen LogP contribution >= 0.6 is 11.6 Å². The van der Waals surface area contributed by atoms with Gasteiger partial charge >= 0.3 is 0 Å². The summed E-state index contributed by atoms with van der Waals surface area (Å²) in [7, 11) is 0. The first kappa shape index (κ1) is 19.7. The Morgan fingerprint density at radius 1 is 1.25 bits per heavy atom. The number of nitrogens with zero attached hydrogens (tertiary/aromatic N) is 2. The fraction of sp³-hybridized carbons (Fsp3) is 0.565. The van der Waals surface area contributed by atoms with Crippen molar-refractivity contribution < 1.29 is 4.79 Å². The van der Waals surface area contributed by atoms with Crippen LogP contribution < -0.4 is 5.32 Å². The van der Waals surface area contributed by atoms with Gasteiger partial charge in [0, 0.05) is 36.3 Å². The Morgan fingerprint density at radius 2 is 2.04 bits per heavy atom. The summed E-state index contributed by atoms with van der Waals surface area (Å²) in [6.07, 6.45) is 5.41. The minimum atomic E-state index is -0.0271. The van der Waals surface area contributed by atoms with Gasteiger partial charge in [-0.15, -0.1) is 0 Å². The number of rotatable bonds is 5. The molecule has 2 aliphatic rings. The maximum atomic E-state index is 12.6. The molecule has 1 aliphatic heterocycles. The molecular formula is C23H30ClN3O. The Bertz CT molecular complexity index is 872. The number of hydrogen-bond acceptors (Lipinski definition) is 3. The molecular weight excluding hydrogens is 370 g/mol. The van der Waals surface area contributed by atoms with Crippen LogP contribution in [0.4, 0.5) is 0 Å². The lowest BCUT2D eigenvalue weighted by atomic mass is 9.92. The number of nitrogens with one attached hydrogen (secondary N) is 1. The number of piperidine rings is 1. The molecule has 0 saturated carbocycles. The van der Waals surface area contributed by atoms with E-state index in [1.807, 2.05) is 18.2 Å². The largest absolute Gasteiger partial charge is 0.352 e. The number of halogens is 1. The van der Waals surface area contributed by atoms with E-state index < -0.39 is 0 Å². The molecule has 4 nitrogen and oxygen atoms in total. The number of aryl methyl sites for hydroxylation is 1. The normalized spacial score (nSPS) is 22.4. The summed E-state index contributed by atoms with van der Waals surface area (Å²) in [6.45, 7) is 8.78. The van der Waals surface area contributed by atoms with Gasteiger partial charge in [0.2, 0.25) is 0 Å². The molecule has 5 heteroatoms. The Hall–Kier alpha value is -1.65. The van der Waals surface area contributed by atoms with Gasteiger partial charge in [0.25, 0.3) is 5.91 Å². The van der Waals surface area contributed by atoms with Crippen molar-refractivity contribution >= 4 is 28.4 Å². The fourth-order valence-corrected chi connectivity index (χ4v) is 5.29. The van der Waals surface area contributed by atoms with Crippen LogP contribution in [0.25, 0.3) is 10.9 Å². The van der Waals surface area contributed by atoms with E-state index in [0.29, 0.717) is 12.1 Å². The fourth-order valence-electron chi connectivity index (χ4n) is 4.93. The first-order valence-corrected chi connectivity index (χ1v) is 11.0. The molecule has 1 aromatic heterocycles. The van der Waals surface area contributed by atoms with Gasteiger partial charge < -0.3 is 10.2 Å². The monoisotopic (exact) mass is 399 g/mol. The molecule has 0 bridgehead atoms. The lowest BCUT2D eigenvalue weighted by Gasteiger charge is -2.34. The number of amides is 1. The second-order valence-corrected chi connectivity index (χ2v) is 9.13. The van der Waals surface area contributed by atoms with E-state index in [1.165, 1.54) is 25.1 Å². The van der Waals surface area contributed by atoms with Gasteiger partial charge in [-0.3, -0.25) is 9.78 Å². The van der Waals surface area contributed by atoms with Crippen LogP contribution in [-0.2, 0) is 12.8 Å². The summed E-state index contributed by atoms with van der Waals surface area (Å²) in [5, 5.41) is 4.83. The van der Waals surface area contributed by atoms with Crippen LogP contribution in [0.1, 0.15) is 54.7 Å². The van der Waals surface area contributed by atoms with Gasteiger partial charge in [-0.1, -0.05) is 31.5 Å². The van der Waals surface area contributed by atoms with Crippen LogP contribution in [0.2, 0.25) is 5.02 Å². The minimum absolute atomic E-state index is 0.0271. The molecule has 2 atom stereocenters. The summed E-state index contributed by atoms with van der Waals surface area (Å²) in [5.41, 5.74) is 3.77. The lowest BCUT2D eigenvalue weighted by Crippen LogP contribution is -2.40. The Balaban J connectivity index is 1.35.